The number of hydrogen-bond donors (Lipinski definition) is 1. The maximum atomic E-state index is 10.5. The van der Waals surface area contributed by atoms with Gasteiger partial charge in [0.05, 0.1) is 17.2 Å². The van der Waals surface area contributed by atoms with Crippen molar-refractivity contribution in [1.29, 1.82) is 0 Å². The fourth-order valence-electron chi connectivity index (χ4n) is 2.35. The normalized spacial score (nSPS) is 14.1. The van der Waals surface area contributed by atoms with Crippen molar-refractivity contribution in [2.75, 3.05) is 6.61 Å². The topological polar surface area (TPSA) is 29.5 Å². The number of benzene rings is 1. The van der Waals surface area contributed by atoms with Crippen molar-refractivity contribution in [3.05, 3.63) is 28.2 Å². The maximum absolute atomic E-state index is 10.5. The van der Waals surface area contributed by atoms with E-state index in [1.54, 1.807) is 0 Å². The van der Waals surface area contributed by atoms with Crippen LogP contribution in [0.5, 0.6) is 5.75 Å². The predicted molar refractivity (Wildman–Crippen MR) is 88.2 cm³/mol. The van der Waals surface area contributed by atoms with Gasteiger partial charge in [-0.3, -0.25) is 0 Å². The average molecular weight is 343 g/mol. The van der Waals surface area contributed by atoms with Gasteiger partial charge in [0.1, 0.15) is 5.75 Å². The molecule has 0 bridgehead atoms. The van der Waals surface area contributed by atoms with Crippen LogP contribution in [0.15, 0.2) is 22.7 Å². The van der Waals surface area contributed by atoms with Crippen LogP contribution in [0, 0.1) is 5.92 Å². The first kappa shape index (κ1) is 17.5. The van der Waals surface area contributed by atoms with Crippen molar-refractivity contribution in [2.45, 2.75) is 59.0 Å². The summed E-state index contributed by atoms with van der Waals surface area (Å²) >= 11 is 3.53. The van der Waals surface area contributed by atoms with Gasteiger partial charge in [-0.2, -0.15) is 0 Å². The van der Waals surface area contributed by atoms with Crippen molar-refractivity contribution in [3.8, 4) is 5.75 Å². The van der Waals surface area contributed by atoms with E-state index in [0.717, 1.165) is 35.0 Å². The zero-order chi connectivity index (χ0) is 15.0. The van der Waals surface area contributed by atoms with Crippen LogP contribution in [-0.4, -0.2) is 11.7 Å². The van der Waals surface area contributed by atoms with E-state index in [1.165, 1.54) is 12.8 Å². The highest BCUT2D eigenvalue weighted by atomic mass is 79.9. The molecule has 0 aliphatic carbocycles. The van der Waals surface area contributed by atoms with Gasteiger partial charge in [-0.25, -0.2) is 0 Å². The molecular formula is C17H27BrO2. The Labute approximate surface area is 131 Å². The summed E-state index contributed by atoms with van der Waals surface area (Å²) in [6, 6.07) is 5.92. The summed E-state index contributed by atoms with van der Waals surface area (Å²) in [6.45, 7) is 7.15. The molecule has 2 atom stereocenters. The largest absolute Gasteiger partial charge is 0.492 e. The van der Waals surface area contributed by atoms with Crippen LogP contribution in [0.1, 0.15) is 64.5 Å². The van der Waals surface area contributed by atoms with Crippen molar-refractivity contribution in [2.24, 2.45) is 5.92 Å². The smallest absolute Gasteiger partial charge is 0.133 e. The van der Waals surface area contributed by atoms with E-state index in [1.807, 2.05) is 18.2 Å². The monoisotopic (exact) mass is 342 g/mol. The quantitative estimate of drug-likeness (QED) is 0.643. The third kappa shape index (κ3) is 5.10. The zero-order valence-electron chi connectivity index (χ0n) is 12.9. The van der Waals surface area contributed by atoms with Crippen molar-refractivity contribution in [1.82, 2.24) is 0 Å². The Morgan fingerprint density at radius 3 is 2.50 bits per heavy atom. The Balaban J connectivity index is 2.76. The molecule has 0 aromatic heterocycles. The van der Waals surface area contributed by atoms with E-state index in [0.29, 0.717) is 12.5 Å². The molecule has 0 heterocycles. The summed E-state index contributed by atoms with van der Waals surface area (Å²) in [6.07, 6.45) is 5.05. The van der Waals surface area contributed by atoms with Crippen molar-refractivity contribution < 1.29 is 9.84 Å². The number of hydrogen-bond acceptors (Lipinski definition) is 2. The highest BCUT2D eigenvalue weighted by molar-refractivity contribution is 9.10. The van der Waals surface area contributed by atoms with Gasteiger partial charge in [-0.05, 0) is 52.4 Å². The molecule has 1 N–H and O–H groups in total. The number of unbranched alkanes of at least 4 members (excludes halogenated alkanes) is 1. The Morgan fingerprint density at radius 2 is 1.95 bits per heavy atom. The number of aliphatic hydroxyl groups excluding tert-OH is 1. The van der Waals surface area contributed by atoms with E-state index in [2.05, 4.69) is 36.7 Å². The summed E-state index contributed by atoms with van der Waals surface area (Å²) in [5.74, 6) is 1.19. The second-order valence-corrected chi connectivity index (χ2v) is 6.15. The Bertz CT molecular complexity index is 393. The zero-order valence-corrected chi connectivity index (χ0v) is 14.4. The molecule has 2 nitrogen and oxygen atoms in total. The SMILES string of the molecule is CCCCC(CC)C(O)c1ccc(OCCC)c(Br)c1. The minimum atomic E-state index is -0.386. The lowest BCUT2D eigenvalue weighted by atomic mass is 9.89. The molecule has 0 spiro atoms. The molecule has 1 aromatic rings. The summed E-state index contributed by atoms with van der Waals surface area (Å²) in [7, 11) is 0. The fourth-order valence-corrected chi connectivity index (χ4v) is 2.86. The van der Waals surface area contributed by atoms with Crippen LogP contribution >= 0.6 is 15.9 Å². The van der Waals surface area contributed by atoms with E-state index in [-0.39, 0.29) is 6.10 Å². The third-order valence-corrected chi connectivity index (χ3v) is 4.28. The van der Waals surface area contributed by atoms with Gasteiger partial charge >= 0.3 is 0 Å². The first-order chi connectivity index (χ1) is 9.63. The second kappa shape index (κ2) is 9.41. The van der Waals surface area contributed by atoms with E-state index < -0.39 is 0 Å². The van der Waals surface area contributed by atoms with Gasteiger partial charge in [0.25, 0.3) is 0 Å². The molecule has 0 aliphatic heterocycles. The van der Waals surface area contributed by atoms with Gasteiger partial charge < -0.3 is 9.84 Å². The van der Waals surface area contributed by atoms with Crippen molar-refractivity contribution in [3.63, 3.8) is 0 Å². The molecule has 0 fully saturated rings. The third-order valence-electron chi connectivity index (χ3n) is 3.66. The van der Waals surface area contributed by atoms with Gasteiger partial charge in [-0.1, -0.05) is 46.1 Å². The van der Waals surface area contributed by atoms with Crippen molar-refractivity contribution >= 4 is 15.9 Å². The minimum Gasteiger partial charge on any atom is -0.492 e. The summed E-state index contributed by atoms with van der Waals surface area (Å²) < 4.78 is 6.57. The van der Waals surface area contributed by atoms with Crippen LogP contribution in [0.25, 0.3) is 0 Å². The molecule has 0 amide bonds. The lowest BCUT2D eigenvalue weighted by Gasteiger charge is -2.22. The summed E-state index contributed by atoms with van der Waals surface area (Å²) in [5, 5.41) is 10.5. The highest BCUT2D eigenvalue weighted by Gasteiger charge is 2.19. The molecule has 0 radical (unpaired) electrons. The molecule has 3 heteroatoms. The van der Waals surface area contributed by atoms with Crippen LogP contribution in [0.4, 0.5) is 0 Å². The molecular weight excluding hydrogens is 316 g/mol. The summed E-state index contributed by atoms with van der Waals surface area (Å²) in [5.41, 5.74) is 0.976. The number of rotatable bonds is 9. The van der Waals surface area contributed by atoms with E-state index in [4.69, 9.17) is 4.74 Å². The number of halogens is 1. The van der Waals surface area contributed by atoms with Crippen LogP contribution in [0.3, 0.4) is 0 Å². The molecule has 0 aliphatic rings. The molecule has 0 saturated carbocycles. The molecule has 1 aromatic carbocycles. The Morgan fingerprint density at radius 1 is 1.20 bits per heavy atom. The van der Waals surface area contributed by atoms with Gasteiger partial charge in [-0.15, -0.1) is 0 Å². The van der Waals surface area contributed by atoms with Gasteiger partial charge in [0, 0.05) is 0 Å². The molecule has 2 unspecified atom stereocenters. The number of aliphatic hydroxyl groups is 1. The molecule has 20 heavy (non-hydrogen) atoms. The Hall–Kier alpha value is -0.540. The lowest BCUT2D eigenvalue weighted by molar-refractivity contribution is 0.0988. The number of ether oxygens (including phenoxy) is 1. The first-order valence-electron chi connectivity index (χ1n) is 7.74. The minimum absolute atomic E-state index is 0.337. The van der Waals surface area contributed by atoms with Gasteiger partial charge in [0.2, 0.25) is 0 Å². The van der Waals surface area contributed by atoms with Gasteiger partial charge in [0.15, 0.2) is 0 Å². The first-order valence-corrected chi connectivity index (χ1v) is 8.53. The predicted octanol–water partition coefficient (Wildman–Crippen LogP) is 5.49. The summed E-state index contributed by atoms with van der Waals surface area (Å²) in [4.78, 5) is 0. The fraction of sp³-hybridized carbons (Fsp3) is 0.647. The molecule has 1 rings (SSSR count). The highest BCUT2D eigenvalue weighted by Crippen LogP contribution is 2.33. The second-order valence-electron chi connectivity index (χ2n) is 5.29. The standard InChI is InChI=1S/C17H27BrO2/c1-4-7-8-13(6-3)17(19)14-9-10-16(15(18)12-14)20-11-5-2/h9-10,12-13,17,19H,4-8,11H2,1-3H3. The van der Waals surface area contributed by atoms with Crippen LogP contribution in [-0.2, 0) is 0 Å². The molecule has 114 valence electrons. The van der Waals surface area contributed by atoms with Crippen LogP contribution < -0.4 is 4.74 Å². The van der Waals surface area contributed by atoms with E-state index >= 15 is 0 Å². The lowest BCUT2D eigenvalue weighted by Crippen LogP contribution is -2.12. The van der Waals surface area contributed by atoms with E-state index in [9.17, 15) is 5.11 Å². The maximum Gasteiger partial charge on any atom is 0.133 e. The van der Waals surface area contributed by atoms with Crippen LogP contribution in [0.2, 0.25) is 0 Å². The average Bonchev–Trinajstić information content (AvgIpc) is 2.46. The molecule has 0 saturated heterocycles. The Kier molecular flexibility index (Phi) is 8.24.